The standard InChI is InChI=1S/C52H84N4O6/c1-27(2)32-22-28(3)23-33(48(7,8)9)40(32)61-44(57)38-30(5)36(53-42(38)55-46(59)51(16,17)18)26-37-31(6)39(43(54-37)56-47(60)52(19,20)21)45(58)62-41-34(49(10,11)12)24-29(4)25-35(41)50(13,14)15/h26-29,32-35,40-41,53H,22-25H2,1-21H3,(H,55,59)(H,54,56,60). The lowest BCUT2D eigenvalue weighted by Gasteiger charge is -2.50. The zero-order valence-electron chi connectivity index (χ0n) is 42.5. The molecule has 0 aromatic carbocycles. The molecule has 2 aliphatic carbocycles. The van der Waals surface area contributed by atoms with Gasteiger partial charge in [0.2, 0.25) is 11.8 Å². The number of hydrogen-bond donors (Lipinski definition) is 3. The van der Waals surface area contributed by atoms with Gasteiger partial charge in [0, 0.05) is 34.3 Å². The Balaban J connectivity index is 1.88. The Hall–Kier alpha value is -3.69. The Kier molecular flexibility index (Phi) is 14.8. The fourth-order valence-corrected chi connectivity index (χ4v) is 9.85. The molecule has 2 saturated carbocycles. The summed E-state index contributed by atoms with van der Waals surface area (Å²) >= 11 is 0. The van der Waals surface area contributed by atoms with E-state index in [0.29, 0.717) is 40.3 Å². The number of amides is 2. The average Bonchev–Trinajstić information content (AvgIpc) is 3.57. The smallest absolute Gasteiger partial charge is 0.342 e. The Morgan fingerprint density at radius 2 is 1.10 bits per heavy atom. The van der Waals surface area contributed by atoms with E-state index in [9.17, 15) is 19.2 Å². The number of esters is 2. The number of carbonyl (C=O) groups excluding carboxylic acids is 4. The van der Waals surface area contributed by atoms with Gasteiger partial charge in [-0.1, -0.05) is 132 Å². The maximum absolute atomic E-state index is 14.7. The van der Waals surface area contributed by atoms with Crippen molar-refractivity contribution < 1.29 is 28.7 Å². The second kappa shape index (κ2) is 18.1. The predicted octanol–water partition coefficient (Wildman–Crippen LogP) is 12.1. The average molecular weight is 861 g/mol. The lowest BCUT2D eigenvalue weighted by atomic mass is 9.59. The molecule has 1 aromatic rings. The molecule has 0 radical (unpaired) electrons. The minimum Gasteiger partial charge on any atom is -0.458 e. The molecule has 6 unspecified atom stereocenters. The summed E-state index contributed by atoms with van der Waals surface area (Å²) in [5.74, 6) is 0.644. The SMILES string of the molecule is CC1=C(C(=O)OC2C(C(C)(C)C)CC(C)CC2C(C)(C)C)C(NC(=O)C(C)(C)C)=NC1=Cc1[nH]c(NC(=O)C(C)(C)C)c(C(=O)OC2C(C(C)C)CC(C)CC2C(C)(C)C)c1C. The number of aliphatic imine (C=N–C) groups is 1. The van der Waals surface area contributed by atoms with Crippen LogP contribution in [0.5, 0.6) is 0 Å². The number of aromatic nitrogens is 1. The van der Waals surface area contributed by atoms with Crippen LogP contribution in [-0.2, 0) is 23.9 Å². The number of ether oxygens (including phenoxy) is 2. The van der Waals surface area contributed by atoms with Crippen LogP contribution in [0.3, 0.4) is 0 Å². The number of nitrogens with zero attached hydrogens (tertiary/aromatic N) is 1. The summed E-state index contributed by atoms with van der Waals surface area (Å²) in [6, 6.07) is 0. The Morgan fingerprint density at radius 1 is 0.661 bits per heavy atom. The maximum atomic E-state index is 14.7. The van der Waals surface area contributed by atoms with Gasteiger partial charge in [0.05, 0.1) is 5.70 Å². The van der Waals surface area contributed by atoms with Crippen LogP contribution in [0.1, 0.15) is 186 Å². The van der Waals surface area contributed by atoms with E-state index in [1.807, 2.05) is 55.4 Å². The molecule has 62 heavy (non-hydrogen) atoms. The van der Waals surface area contributed by atoms with Crippen molar-refractivity contribution in [3.8, 4) is 0 Å². The normalized spacial score (nSPS) is 27.3. The quantitative estimate of drug-likeness (QED) is 0.233. The summed E-state index contributed by atoms with van der Waals surface area (Å²) in [6.45, 7) is 43.5. The second-order valence-electron chi connectivity index (χ2n) is 25.0. The molecule has 2 heterocycles. The number of amidine groups is 1. The highest BCUT2D eigenvalue weighted by atomic mass is 16.5. The maximum Gasteiger partial charge on any atom is 0.342 e. The van der Waals surface area contributed by atoms with Crippen molar-refractivity contribution in [2.75, 3.05) is 5.32 Å². The van der Waals surface area contributed by atoms with Crippen LogP contribution in [0.25, 0.3) is 6.08 Å². The number of nitrogens with one attached hydrogen (secondary N) is 3. The van der Waals surface area contributed by atoms with E-state index in [-0.39, 0.29) is 86.7 Å². The van der Waals surface area contributed by atoms with Crippen LogP contribution in [-0.4, -0.2) is 46.8 Å². The van der Waals surface area contributed by atoms with Gasteiger partial charge in [-0.25, -0.2) is 14.6 Å². The zero-order chi connectivity index (χ0) is 47.4. The molecule has 2 fully saturated rings. The summed E-state index contributed by atoms with van der Waals surface area (Å²) in [5.41, 5.74) is 0.642. The third kappa shape index (κ3) is 11.5. The molecule has 3 aliphatic rings. The summed E-state index contributed by atoms with van der Waals surface area (Å²) in [6.07, 6.45) is 4.93. The summed E-state index contributed by atoms with van der Waals surface area (Å²) in [7, 11) is 0. The largest absolute Gasteiger partial charge is 0.458 e. The van der Waals surface area contributed by atoms with Crippen molar-refractivity contribution >= 4 is 41.5 Å². The van der Waals surface area contributed by atoms with Gasteiger partial charge >= 0.3 is 11.9 Å². The molecule has 1 aliphatic heterocycles. The third-order valence-corrected chi connectivity index (χ3v) is 14.0. The monoisotopic (exact) mass is 861 g/mol. The van der Waals surface area contributed by atoms with Crippen molar-refractivity contribution in [1.82, 2.24) is 10.3 Å². The first-order chi connectivity index (χ1) is 28.0. The first-order valence-electron chi connectivity index (χ1n) is 23.3. The van der Waals surface area contributed by atoms with Gasteiger partial charge in [0.15, 0.2) is 0 Å². The third-order valence-electron chi connectivity index (χ3n) is 14.0. The summed E-state index contributed by atoms with van der Waals surface area (Å²) in [5, 5.41) is 5.97. The number of H-pyrrole nitrogens is 1. The fraction of sp³-hybridized carbons (Fsp3) is 0.750. The minimum absolute atomic E-state index is 0.0984. The minimum atomic E-state index is -0.769. The first-order valence-corrected chi connectivity index (χ1v) is 23.3. The molecule has 0 saturated heterocycles. The molecule has 1 aromatic heterocycles. The highest BCUT2D eigenvalue weighted by Gasteiger charge is 2.49. The van der Waals surface area contributed by atoms with Crippen molar-refractivity contribution in [1.29, 1.82) is 0 Å². The molecule has 3 N–H and O–H groups in total. The summed E-state index contributed by atoms with van der Waals surface area (Å²) < 4.78 is 13.3. The second-order valence-corrected chi connectivity index (χ2v) is 25.0. The Labute approximate surface area is 375 Å². The van der Waals surface area contributed by atoms with E-state index < -0.39 is 22.8 Å². The number of aromatic amines is 1. The van der Waals surface area contributed by atoms with Crippen molar-refractivity contribution in [2.45, 2.75) is 183 Å². The fourth-order valence-electron chi connectivity index (χ4n) is 9.85. The van der Waals surface area contributed by atoms with E-state index in [1.165, 1.54) is 0 Å². The van der Waals surface area contributed by atoms with Crippen LogP contribution in [0, 0.1) is 75.4 Å². The van der Waals surface area contributed by atoms with Gasteiger partial charge in [0.1, 0.15) is 35.0 Å². The molecular formula is C52H84N4O6. The number of rotatable bonds is 7. The predicted molar refractivity (Wildman–Crippen MR) is 252 cm³/mol. The van der Waals surface area contributed by atoms with Gasteiger partial charge in [-0.15, -0.1) is 0 Å². The van der Waals surface area contributed by atoms with Crippen molar-refractivity contribution in [3.63, 3.8) is 0 Å². The molecule has 10 heteroatoms. The molecule has 10 nitrogen and oxygen atoms in total. The highest BCUT2D eigenvalue weighted by molar-refractivity contribution is 6.25. The van der Waals surface area contributed by atoms with Crippen LogP contribution >= 0.6 is 0 Å². The van der Waals surface area contributed by atoms with E-state index in [1.54, 1.807) is 6.08 Å². The highest BCUT2D eigenvalue weighted by Crippen LogP contribution is 2.51. The van der Waals surface area contributed by atoms with Gasteiger partial charge < -0.3 is 25.1 Å². The Morgan fingerprint density at radius 3 is 1.55 bits per heavy atom. The number of carbonyl (C=O) groups is 4. The van der Waals surface area contributed by atoms with Crippen LogP contribution < -0.4 is 10.6 Å². The van der Waals surface area contributed by atoms with Gasteiger partial charge in [-0.3, -0.25) is 9.59 Å². The zero-order valence-corrected chi connectivity index (χ0v) is 42.5. The van der Waals surface area contributed by atoms with Gasteiger partial charge in [-0.2, -0.15) is 0 Å². The topological polar surface area (TPSA) is 139 Å². The van der Waals surface area contributed by atoms with Gasteiger partial charge in [0.25, 0.3) is 0 Å². The van der Waals surface area contributed by atoms with E-state index in [2.05, 4.69) is 106 Å². The molecule has 2 amide bonds. The molecule has 0 bridgehead atoms. The van der Waals surface area contributed by atoms with Crippen LogP contribution in [0.4, 0.5) is 5.82 Å². The van der Waals surface area contributed by atoms with Gasteiger partial charge in [-0.05, 0) is 96.7 Å². The van der Waals surface area contributed by atoms with E-state index in [4.69, 9.17) is 14.5 Å². The number of hydrogen-bond acceptors (Lipinski definition) is 7. The first kappa shape index (κ1) is 50.9. The van der Waals surface area contributed by atoms with Crippen molar-refractivity contribution in [3.05, 3.63) is 33.7 Å². The molecule has 6 atom stereocenters. The van der Waals surface area contributed by atoms with E-state index in [0.717, 1.165) is 25.7 Å². The molecular weight excluding hydrogens is 777 g/mol. The molecule has 4 rings (SSSR count). The number of allylic oxidation sites excluding steroid dienone is 1. The molecule has 0 spiro atoms. The lowest BCUT2D eigenvalue weighted by Crippen LogP contribution is -2.50. The van der Waals surface area contributed by atoms with Crippen LogP contribution in [0.2, 0.25) is 0 Å². The van der Waals surface area contributed by atoms with E-state index >= 15 is 0 Å². The van der Waals surface area contributed by atoms with Crippen molar-refractivity contribution in [2.24, 2.45) is 73.5 Å². The summed E-state index contributed by atoms with van der Waals surface area (Å²) in [4.78, 5) is 64.8. The molecule has 348 valence electrons. The van der Waals surface area contributed by atoms with Crippen LogP contribution in [0.15, 0.2) is 21.8 Å². The number of anilines is 1. The Bertz CT molecular complexity index is 1940. The lowest BCUT2D eigenvalue weighted by molar-refractivity contribution is -0.164.